The molecule has 1 heteroatoms. The Balaban J connectivity index is 1.67. The van der Waals surface area contributed by atoms with Gasteiger partial charge in [0.05, 0.1) is 0 Å². The highest BCUT2D eigenvalue weighted by Crippen LogP contribution is 2.42. The summed E-state index contributed by atoms with van der Waals surface area (Å²) in [6.07, 6.45) is 9.48. The predicted octanol–water partition coefficient (Wildman–Crippen LogP) is 4.40. The first kappa shape index (κ1) is 14.7. The molecule has 0 saturated carbocycles. The number of rotatable bonds is 4. The molecule has 23 heavy (non-hydrogen) atoms. The van der Waals surface area contributed by atoms with Crippen molar-refractivity contribution in [1.29, 1.82) is 0 Å². The Hall–Kier alpha value is -1.86. The third-order valence-electron chi connectivity index (χ3n) is 5.72. The molecule has 118 valence electrons. The molecule has 1 nitrogen and oxygen atoms in total. The highest BCUT2D eigenvalue weighted by molar-refractivity contribution is 5.26. The van der Waals surface area contributed by atoms with Crippen LogP contribution in [-0.4, -0.2) is 12.1 Å². The lowest BCUT2D eigenvalue weighted by atomic mass is 9.69. The molecule has 1 N–H and O–H groups in total. The molecule has 0 spiro atoms. The number of hydrogen-bond donors (Lipinski definition) is 1. The van der Waals surface area contributed by atoms with Gasteiger partial charge < -0.3 is 5.32 Å². The van der Waals surface area contributed by atoms with Crippen LogP contribution in [-0.2, 0) is 12.8 Å². The average molecular weight is 303 g/mol. The average Bonchev–Trinajstić information content (AvgIpc) is 2.96. The Morgan fingerprint density at radius 3 is 1.96 bits per heavy atom. The van der Waals surface area contributed by atoms with E-state index in [1.54, 1.807) is 0 Å². The van der Waals surface area contributed by atoms with Gasteiger partial charge in [-0.05, 0) is 55.2 Å². The molecular weight excluding hydrogens is 278 g/mol. The molecule has 1 fully saturated rings. The van der Waals surface area contributed by atoms with Gasteiger partial charge in [0, 0.05) is 5.54 Å². The van der Waals surface area contributed by atoms with Gasteiger partial charge >= 0.3 is 0 Å². The molecule has 2 aromatic rings. The van der Waals surface area contributed by atoms with E-state index in [0.29, 0.717) is 0 Å². The maximum atomic E-state index is 3.97. The summed E-state index contributed by atoms with van der Waals surface area (Å²) in [5.74, 6) is 1.54. The molecule has 2 aliphatic rings. The Morgan fingerprint density at radius 2 is 1.35 bits per heavy atom. The second kappa shape index (κ2) is 6.33. The fourth-order valence-electron chi connectivity index (χ4n) is 4.61. The molecule has 2 atom stereocenters. The third-order valence-corrected chi connectivity index (χ3v) is 5.72. The van der Waals surface area contributed by atoms with E-state index in [2.05, 4.69) is 78.1 Å². The lowest BCUT2D eigenvalue weighted by molar-refractivity contribution is 0.233. The van der Waals surface area contributed by atoms with Crippen molar-refractivity contribution in [2.45, 2.75) is 31.2 Å². The first-order chi connectivity index (χ1) is 11.4. The smallest absolute Gasteiger partial charge is 0.0296 e. The van der Waals surface area contributed by atoms with Crippen LogP contribution in [0.2, 0.25) is 0 Å². The summed E-state index contributed by atoms with van der Waals surface area (Å²) in [6, 6.07) is 22.0. The Bertz CT molecular complexity index is 617. The maximum absolute atomic E-state index is 3.97. The van der Waals surface area contributed by atoms with Crippen LogP contribution in [0.25, 0.3) is 0 Å². The molecule has 1 aliphatic carbocycles. The fourth-order valence-corrected chi connectivity index (χ4v) is 4.61. The molecule has 0 radical (unpaired) electrons. The van der Waals surface area contributed by atoms with Crippen LogP contribution in [0.4, 0.5) is 0 Å². The van der Waals surface area contributed by atoms with Crippen LogP contribution in [0.3, 0.4) is 0 Å². The van der Waals surface area contributed by atoms with Gasteiger partial charge in [-0.2, -0.15) is 0 Å². The second-order valence-electron chi connectivity index (χ2n) is 7.17. The molecule has 0 aromatic heterocycles. The van der Waals surface area contributed by atoms with E-state index in [4.69, 9.17) is 0 Å². The molecule has 1 saturated heterocycles. The summed E-state index contributed by atoms with van der Waals surface area (Å²) in [4.78, 5) is 0. The topological polar surface area (TPSA) is 12.0 Å². The molecule has 1 heterocycles. The summed E-state index contributed by atoms with van der Waals surface area (Å²) >= 11 is 0. The minimum atomic E-state index is 0.193. The van der Waals surface area contributed by atoms with E-state index in [1.807, 2.05) is 0 Å². The number of benzene rings is 2. The lowest BCUT2D eigenvalue weighted by Crippen LogP contribution is -2.49. The molecule has 2 aromatic carbocycles. The minimum Gasteiger partial charge on any atom is -0.310 e. The van der Waals surface area contributed by atoms with Crippen molar-refractivity contribution < 1.29 is 0 Å². The SMILES string of the molecule is C1=CCC2C(C1)CNC2(Cc1ccccc1)Cc1ccccc1. The molecule has 0 bridgehead atoms. The van der Waals surface area contributed by atoms with Crippen LogP contribution in [0.15, 0.2) is 72.8 Å². The number of allylic oxidation sites excluding steroid dienone is 2. The van der Waals surface area contributed by atoms with E-state index in [9.17, 15) is 0 Å². The van der Waals surface area contributed by atoms with Crippen LogP contribution in [0, 0.1) is 11.8 Å². The molecular formula is C22H25N. The first-order valence-electron chi connectivity index (χ1n) is 8.84. The largest absolute Gasteiger partial charge is 0.310 e. The highest BCUT2D eigenvalue weighted by atomic mass is 15.0. The van der Waals surface area contributed by atoms with Crippen molar-refractivity contribution in [3.05, 3.63) is 83.9 Å². The highest BCUT2D eigenvalue weighted by Gasteiger charge is 2.47. The fraction of sp³-hybridized carbons (Fsp3) is 0.364. The summed E-state index contributed by atoms with van der Waals surface area (Å²) in [5.41, 5.74) is 3.09. The third kappa shape index (κ3) is 2.98. The van der Waals surface area contributed by atoms with Crippen molar-refractivity contribution in [2.75, 3.05) is 6.54 Å². The van der Waals surface area contributed by atoms with E-state index in [1.165, 1.54) is 24.0 Å². The molecule has 2 unspecified atom stereocenters. The van der Waals surface area contributed by atoms with Gasteiger partial charge in [0.15, 0.2) is 0 Å². The monoisotopic (exact) mass is 303 g/mol. The van der Waals surface area contributed by atoms with Crippen molar-refractivity contribution in [3.8, 4) is 0 Å². The number of hydrogen-bond acceptors (Lipinski definition) is 1. The second-order valence-corrected chi connectivity index (χ2v) is 7.17. The standard InChI is InChI=1S/C22H25N/c1-3-9-18(10-4-1)15-22(16-19-11-5-2-6-12-19)21-14-8-7-13-20(21)17-23-22/h1-12,20-21,23H,13-17H2. The van der Waals surface area contributed by atoms with E-state index < -0.39 is 0 Å². The normalized spacial score (nSPS) is 25.2. The zero-order chi connectivity index (χ0) is 15.5. The molecule has 4 rings (SSSR count). The van der Waals surface area contributed by atoms with Gasteiger partial charge in [-0.1, -0.05) is 72.8 Å². The van der Waals surface area contributed by atoms with Crippen molar-refractivity contribution in [3.63, 3.8) is 0 Å². The summed E-state index contributed by atoms with van der Waals surface area (Å²) in [6.45, 7) is 1.16. The number of fused-ring (bicyclic) bond motifs is 1. The van der Waals surface area contributed by atoms with Crippen LogP contribution in [0.5, 0.6) is 0 Å². The van der Waals surface area contributed by atoms with Gasteiger partial charge in [-0.3, -0.25) is 0 Å². The number of nitrogens with one attached hydrogen (secondary N) is 1. The van der Waals surface area contributed by atoms with Gasteiger partial charge in [-0.25, -0.2) is 0 Å². The van der Waals surface area contributed by atoms with Crippen LogP contribution >= 0.6 is 0 Å². The van der Waals surface area contributed by atoms with E-state index >= 15 is 0 Å². The Labute approximate surface area is 139 Å². The molecule has 1 aliphatic heterocycles. The predicted molar refractivity (Wildman–Crippen MR) is 96.4 cm³/mol. The maximum Gasteiger partial charge on any atom is 0.0296 e. The van der Waals surface area contributed by atoms with Crippen molar-refractivity contribution in [2.24, 2.45) is 11.8 Å². The zero-order valence-corrected chi connectivity index (χ0v) is 13.6. The summed E-state index contributed by atoms with van der Waals surface area (Å²) in [7, 11) is 0. The van der Waals surface area contributed by atoms with Crippen molar-refractivity contribution in [1.82, 2.24) is 5.32 Å². The minimum absolute atomic E-state index is 0.193. The lowest BCUT2D eigenvalue weighted by Gasteiger charge is -2.38. The zero-order valence-electron chi connectivity index (χ0n) is 13.6. The van der Waals surface area contributed by atoms with E-state index in [0.717, 1.165) is 31.2 Å². The molecule has 0 amide bonds. The van der Waals surface area contributed by atoms with Crippen molar-refractivity contribution >= 4 is 0 Å². The van der Waals surface area contributed by atoms with Gasteiger partial charge in [0.25, 0.3) is 0 Å². The van der Waals surface area contributed by atoms with Gasteiger partial charge in [-0.15, -0.1) is 0 Å². The Kier molecular flexibility index (Phi) is 4.05. The Morgan fingerprint density at radius 1 is 0.783 bits per heavy atom. The first-order valence-corrected chi connectivity index (χ1v) is 8.84. The van der Waals surface area contributed by atoms with Crippen LogP contribution in [0.1, 0.15) is 24.0 Å². The summed E-state index contributed by atoms with van der Waals surface area (Å²) < 4.78 is 0. The van der Waals surface area contributed by atoms with Crippen LogP contribution < -0.4 is 5.32 Å². The quantitative estimate of drug-likeness (QED) is 0.826. The van der Waals surface area contributed by atoms with Gasteiger partial charge in [0.1, 0.15) is 0 Å². The summed E-state index contributed by atoms with van der Waals surface area (Å²) in [5, 5.41) is 3.97. The van der Waals surface area contributed by atoms with Gasteiger partial charge in [0.2, 0.25) is 0 Å². The van der Waals surface area contributed by atoms with E-state index in [-0.39, 0.29) is 5.54 Å².